The molecule has 1 aliphatic rings. The van der Waals surface area contributed by atoms with Crippen LogP contribution >= 0.6 is 11.3 Å². The Labute approximate surface area is 128 Å². The van der Waals surface area contributed by atoms with Crippen molar-refractivity contribution in [3.63, 3.8) is 0 Å². The van der Waals surface area contributed by atoms with Crippen LogP contribution in [0.25, 0.3) is 0 Å². The molecule has 1 aliphatic heterocycles. The van der Waals surface area contributed by atoms with E-state index in [0.29, 0.717) is 17.9 Å². The number of thiazole rings is 1. The fourth-order valence-corrected chi connectivity index (χ4v) is 4.10. The van der Waals surface area contributed by atoms with E-state index in [1.54, 1.807) is 23.5 Å². The van der Waals surface area contributed by atoms with E-state index in [9.17, 15) is 8.42 Å². The summed E-state index contributed by atoms with van der Waals surface area (Å²) in [6, 6.07) is 5.23. The molecule has 7 heteroatoms. The highest BCUT2D eigenvalue weighted by molar-refractivity contribution is 7.89. The van der Waals surface area contributed by atoms with Crippen molar-refractivity contribution in [1.82, 2.24) is 9.71 Å². The van der Waals surface area contributed by atoms with Gasteiger partial charge >= 0.3 is 0 Å². The van der Waals surface area contributed by atoms with E-state index in [0.717, 1.165) is 34.9 Å². The van der Waals surface area contributed by atoms with E-state index >= 15 is 0 Å². The minimum absolute atomic E-state index is 0.333. The average Bonchev–Trinajstić information content (AvgIpc) is 3.06. The average molecular weight is 323 g/mol. The third-order valence-electron chi connectivity index (χ3n) is 3.44. The number of rotatable bonds is 5. The van der Waals surface area contributed by atoms with Gasteiger partial charge in [0.05, 0.1) is 15.6 Å². The van der Waals surface area contributed by atoms with Crippen molar-refractivity contribution < 1.29 is 8.42 Å². The van der Waals surface area contributed by atoms with Crippen molar-refractivity contribution in [2.24, 2.45) is 0 Å². The SMILES string of the molecule is Cc1nc(CCNS(=O)(=O)c2ccc3c(c2)CCN3)cs1. The predicted molar refractivity (Wildman–Crippen MR) is 84.4 cm³/mol. The fourth-order valence-electron chi connectivity index (χ4n) is 2.37. The maximum absolute atomic E-state index is 12.3. The van der Waals surface area contributed by atoms with E-state index < -0.39 is 10.0 Å². The summed E-state index contributed by atoms with van der Waals surface area (Å²) in [7, 11) is -3.45. The topological polar surface area (TPSA) is 71.1 Å². The normalized spacial score (nSPS) is 14.0. The van der Waals surface area contributed by atoms with Crippen LogP contribution in [0.2, 0.25) is 0 Å². The second-order valence-corrected chi connectivity index (χ2v) is 7.83. The molecule has 5 nitrogen and oxygen atoms in total. The van der Waals surface area contributed by atoms with Crippen molar-refractivity contribution in [2.45, 2.75) is 24.7 Å². The zero-order valence-electron chi connectivity index (χ0n) is 11.7. The molecule has 1 aromatic carbocycles. The summed E-state index contributed by atoms with van der Waals surface area (Å²) in [6.07, 6.45) is 1.48. The number of sulfonamides is 1. The highest BCUT2D eigenvalue weighted by Gasteiger charge is 2.17. The standard InChI is InChI=1S/C14H17N3O2S2/c1-10-17-12(9-20-10)5-7-16-21(18,19)13-2-3-14-11(8-13)4-6-15-14/h2-3,8-9,15-16H,4-7H2,1H3. The minimum Gasteiger partial charge on any atom is -0.384 e. The Morgan fingerprint density at radius 2 is 2.29 bits per heavy atom. The fraction of sp³-hybridized carbons (Fsp3) is 0.357. The van der Waals surface area contributed by atoms with E-state index in [-0.39, 0.29) is 0 Å². The third-order valence-corrected chi connectivity index (χ3v) is 5.72. The molecule has 2 heterocycles. The molecule has 0 saturated carbocycles. The second-order valence-electron chi connectivity index (χ2n) is 5.00. The summed E-state index contributed by atoms with van der Waals surface area (Å²) in [5, 5.41) is 6.19. The van der Waals surface area contributed by atoms with Crippen molar-refractivity contribution in [3.8, 4) is 0 Å². The summed E-state index contributed by atoms with van der Waals surface area (Å²) < 4.78 is 27.2. The molecule has 2 aromatic rings. The molecule has 21 heavy (non-hydrogen) atoms. The van der Waals surface area contributed by atoms with E-state index in [1.165, 1.54) is 0 Å². The lowest BCUT2D eigenvalue weighted by atomic mass is 10.2. The van der Waals surface area contributed by atoms with Crippen LogP contribution in [0.5, 0.6) is 0 Å². The number of benzene rings is 1. The summed E-state index contributed by atoms with van der Waals surface area (Å²) >= 11 is 1.58. The van der Waals surface area contributed by atoms with Crippen LogP contribution in [0.1, 0.15) is 16.3 Å². The molecule has 0 aliphatic carbocycles. The van der Waals surface area contributed by atoms with Crippen LogP contribution < -0.4 is 10.0 Å². The monoisotopic (exact) mass is 323 g/mol. The molecule has 0 amide bonds. The first-order valence-electron chi connectivity index (χ1n) is 6.82. The first-order valence-corrected chi connectivity index (χ1v) is 9.18. The number of fused-ring (bicyclic) bond motifs is 1. The van der Waals surface area contributed by atoms with Crippen molar-refractivity contribution in [2.75, 3.05) is 18.4 Å². The summed E-state index contributed by atoms with van der Waals surface area (Å²) in [5.74, 6) is 0. The number of aryl methyl sites for hydroxylation is 1. The Hall–Kier alpha value is -1.44. The Balaban J connectivity index is 1.66. The summed E-state index contributed by atoms with van der Waals surface area (Å²) in [6.45, 7) is 3.17. The van der Waals surface area contributed by atoms with Crippen molar-refractivity contribution in [1.29, 1.82) is 0 Å². The molecule has 1 aromatic heterocycles. The molecule has 0 unspecified atom stereocenters. The highest BCUT2D eigenvalue weighted by atomic mass is 32.2. The number of aromatic nitrogens is 1. The largest absolute Gasteiger partial charge is 0.384 e. The molecule has 0 saturated heterocycles. The lowest BCUT2D eigenvalue weighted by Crippen LogP contribution is -2.26. The molecule has 3 rings (SSSR count). The van der Waals surface area contributed by atoms with Crippen LogP contribution in [0.3, 0.4) is 0 Å². The number of hydrogen-bond donors (Lipinski definition) is 2. The zero-order chi connectivity index (χ0) is 14.9. The van der Waals surface area contributed by atoms with E-state index in [4.69, 9.17) is 0 Å². The van der Waals surface area contributed by atoms with Gasteiger partial charge in [0, 0.05) is 30.6 Å². The van der Waals surface area contributed by atoms with Gasteiger partial charge in [-0.2, -0.15) is 0 Å². The Morgan fingerprint density at radius 1 is 1.43 bits per heavy atom. The van der Waals surface area contributed by atoms with E-state index in [1.807, 2.05) is 18.4 Å². The Kier molecular flexibility index (Phi) is 3.97. The number of hydrogen-bond acceptors (Lipinski definition) is 5. The van der Waals surface area contributed by atoms with Crippen molar-refractivity contribution >= 4 is 27.0 Å². The second kappa shape index (κ2) is 5.75. The molecule has 0 radical (unpaired) electrons. The third kappa shape index (κ3) is 3.25. The van der Waals surface area contributed by atoms with Crippen LogP contribution in [0.4, 0.5) is 5.69 Å². The van der Waals surface area contributed by atoms with Gasteiger partial charge in [0.2, 0.25) is 10.0 Å². The summed E-state index contributed by atoms with van der Waals surface area (Å²) in [4.78, 5) is 4.66. The lowest BCUT2D eigenvalue weighted by Gasteiger charge is -2.08. The Morgan fingerprint density at radius 3 is 3.05 bits per heavy atom. The van der Waals surface area contributed by atoms with Crippen LogP contribution in [-0.2, 0) is 22.9 Å². The van der Waals surface area contributed by atoms with Crippen molar-refractivity contribution in [3.05, 3.63) is 39.8 Å². The minimum atomic E-state index is -3.45. The molecule has 2 N–H and O–H groups in total. The smallest absolute Gasteiger partial charge is 0.240 e. The maximum atomic E-state index is 12.3. The molecule has 0 spiro atoms. The van der Waals surface area contributed by atoms with Gasteiger partial charge in [-0.3, -0.25) is 0 Å². The number of nitrogens with one attached hydrogen (secondary N) is 2. The number of nitrogens with zero attached hydrogens (tertiary/aromatic N) is 1. The molecule has 112 valence electrons. The van der Waals surface area contributed by atoms with Gasteiger partial charge < -0.3 is 5.32 Å². The van der Waals surface area contributed by atoms with Crippen LogP contribution in [0, 0.1) is 6.92 Å². The van der Waals surface area contributed by atoms with Gasteiger partial charge in [0.1, 0.15) is 0 Å². The first-order chi connectivity index (χ1) is 10.0. The van der Waals surface area contributed by atoms with Gasteiger partial charge in [0.15, 0.2) is 0 Å². The van der Waals surface area contributed by atoms with Gasteiger partial charge in [-0.15, -0.1) is 11.3 Å². The van der Waals surface area contributed by atoms with Crippen LogP contribution in [0.15, 0.2) is 28.5 Å². The molecular weight excluding hydrogens is 306 g/mol. The van der Waals surface area contributed by atoms with E-state index in [2.05, 4.69) is 15.0 Å². The molecular formula is C14H17N3O2S2. The lowest BCUT2D eigenvalue weighted by molar-refractivity contribution is 0.581. The van der Waals surface area contributed by atoms with Gasteiger partial charge in [-0.25, -0.2) is 18.1 Å². The Bertz CT molecular complexity index is 753. The predicted octanol–water partition coefficient (Wildman–Crippen LogP) is 1.94. The van der Waals surface area contributed by atoms with Gasteiger partial charge in [-0.05, 0) is 37.1 Å². The summed E-state index contributed by atoms with van der Waals surface area (Å²) in [5.41, 5.74) is 3.03. The molecule has 0 bridgehead atoms. The number of anilines is 1. The molecule has 0 fully saturated rings. The molecule has 0 atom stereocenters. The van der Waals surface area contributed by atoms with Gasteiger partial charge in [-0.1, -0.05) is 0 Å². The maximum Gasteiger partial charge on any atom is 0.240 e. The quantitative estimate of drug-likeness (QED) is 0.882. The zero-order valence-corrected chi connectivity index (χ0v) is 13.4. The van der Waals surface area contributed by atoms with Gasteiger partial charge in [0.25, 0.3) is 0 Å². The first kappa shape index (κ1) is 14.5. The highest BCUT2D eigenvalue weighted by Crippen LogP contribution is 2.24. The van der Waals surface area contributed by atoms with Crippen LogP contribution in [-0.4, -0.2) is 26.5 Å².